The number of aryl methyl sites for hydroxylation is 1. The Balaban J connectivity index is 1.55. The van der Waals surface area contributed by atoms with Crippen molar-refractivity contribution in [2.75, 3.05) is 33.2 Å². The van der Waals surface area contributed by atoms with Gasteiger partial charge < -0.3 is 14.7 Å². The molecular weight excluding hydrogens is 497 g/mol. The van der Waals surface area contributed by atoms with Crippen LogP contribution in [0.1, 0.15) is 53.6 Å². The highest BCUT2D eigenvalue weighted by atomic mass is 35.5. The van der Waals surface area contributed by atoms with E-state index in [1.54, 1.807) is 36.1 Å². The monoisotopic (exact) mass is 529 g/mol. The molecule has 36 heavy (non-hydrogen) atoms. The molecule has 2 aromatic carbocycles. The van der Waals surface area contributed by atoms with Gasteiger partial charge in [-0.05, 0) is 67.6 Å². The van der Waals surface area contributed by atoms with Crippen LogP contribution in [-0.2, 0) is 9.59 Å². The summed E-state index contributed by atoms with van der Waals surface area (Å²) in [6.07, 6.45) is 2.05. The quantitative estimate of drug-likeness (QED) is 0.558. The van der Waals surface area contributed by atoms with Crippen molar-refractivity contribution in [2.24, 2.45) is 5.92 Å². The maximum Gasteiger partial charge on any atom is 0.253 e. The third-order valence-electron chi connectivity index (χ3n) is 7.71. The second kappa shape index (κ2) is 11.2. The first-order valence-corrected chi connectivity index (χ1v) is 13.2. The molecule has 0 spiro atoms. The van der Waals surface area contributed by atoms with E-state index in [9.17, 15) is 14.4 Å². The first-order chi connectivity index (χ1) is 17.2. The highest BCUT2D eigenvalue weighted by Gasteiger charge is 2.39. The first kappa shape index (κ1) is 26.5. The van der Waals surface area contributed by atoms with E-state index in [1.807, 2.05) is 35.9 Å². The zero-order valence-electron chi connectivity index (χ0n) is 21.0. The Labute approximate surface area is 223 Å². The number of likely N-dealkylation sites (tertiary alicyclic amines) is 2. The van der Waals surface area contributed by atoms with Crippen molar-refractivity contribution in [3.05, 3.63) is 69.2 Å². The first-order valence-electron chi connectivity index (χ1n) is 12.5. The molecule has 2 heterocycles. The molecule has 0 saturated carbocycles. The maximum absolute atomic E-state index is 13.5. The molecule has 0 unspecified atom stereocenters. The Hall–Kier alpha value is -2.57. The minimum absolute atomic E-state index is 0.0615. The van der Waals surface area contributed by atoms with Crippen molar-refractivity contribution in [2.45, 2.75) is 45.1 Å². The summed E-state index contributed by atoms with van der Waals surface area (Å²) in [6, 6.07) is 12.9. The average molecular weight is 530 g/mol. The minimum Gasteiger partial charge on any atom is -0.343 e. The van der Waals surface area contributed by atoms with Gasteiger partial charge in [0.1, 0.15) is 0 Å². The second-order valence-electron chi connectivity index (χ2n) is 9.96. The lowest BCUT2D eigenvalue weighted by Crippen LogP contribution is -2.53. The molecule has 0 aromatic heterocycles. The molecule has 0 bridgehead atoms. The predicted molar refractivity (Wildman–Crippen MR) is 142 cm³/mol. The normalized spacial score (nSPS) is 20.8. The fraction of sp³-hybridized carbons (Fsp3) is 0.464. The van der Waals surface area contributed by atoms with Crippen molar-refractivity contribution in [1.29, 1.82) is 0 Å². The summed E-state index contributed by atoms with van der Waals surface area (Å²) in [6.45, 7) is 5.89. The fourth-order valence-electron chi connectivity index (χ4n) is 5.42. The van der Waals surface area contributed by atoms with Gasteiger partial charge in [-0.15, -0.1) is 0 Å². The van der Waals surface area contributed by atoms with Crippen molar-refractivity contribution in [3.63, 3.8) is 0 Å². The molecule has 0 radical (unpaired) electrons. The van der Waals surface area contributed by atoms with Gasteiger partial charge in [0.2, 0.25) is 11.8 Å². The molecule has 2 fully saturated rings. The van der Waals surface area contributed by atoms with E-state index in [4.69, 9.17) is 23.2 Å². The number of nitrogens with zero attached hydrogens (tertiary/aromatic N) is 3. The predicted octanol–water partition coefficient (Wildman–Crippen LogP) is 5.02. The Morgan fingerprint density at radius 2 is 1.56 bits per heavy atom. The number of hydrogen-bond acceptors (Lipinski definition) is 3. The number of amides is 3. The number of carbonyl (C=O) groups is 3. The number of piperidine rings is 2. The highest BCUT2D eigenvalue weighted by molar-refractivity contribution is 6.31. The fourth-order valence-corrected chi connectivity index (χ4v) is 5.73. The number of rotatable bonds is 4. The molecule has 2 aliphatic rings. The van der Waals surface area contributed by atoms with Crippen LogP contribution < -0.4 is 0 Å². The van der Waals surface area contributed by atoms with Gasteiger partial charge in [-0.25, -0.2) is 0 Å². The van der Waals surface area contributed by atoms with Crippen LogP contribution in [-0.4, -0.2) is 71.7 Å². The van der Waals surface area contributed by atoms with E-state index in [0.717, 1.165) is 11.1 Å². The van der Waals surface area contributed by atoms with E-state index in [1.165, 1.54) is 0 Å². The maximum atomic E-state index is 13.5. The summed E-state index contributed by atoms with van der Waals surface area (Å²) in [4.78, 5) is 44.1. The molecule has 3 amide bonds. The molecule has 0 aliphatic carbocycles. The average Bonchev–Trinajstić information content (AvgIpc) is 2.89. The molecule has 2 aliphatic heterocycles. The van der Waals surface area contributed by atoms with Crippen molar-refractivity contribution < 1.29 is 14.4 Å². The summed E-state index contributed by atoms with van der Waals surface area (Å²) in [5.41, 5.74) is 2.59. The third kappa shape index (κ3) is 5.70. The van der Waals surface area contributed by atoms with Gasteiger partial charge >= 0.3 is 0 Å². The van der Waals surface area contributed by atoms with Crippen LogP contribution in [0.15, 0.2) is 42.5 Å². The Kier molecular flexibility index (Phi) is 8.26. The third-order valence-corrected chi connectivity index (χ3v) is 8.37. The molecular formula is C28H33Cl2N3O3. The van der Waals surface area contributed by atoms with Gasteiger partial charge in [-0.1, -0.05) is 35.3 Å². The number of carbonyl (C=O) groups excluding carboxylic acids is 3. The van der Waals surface area contributed by atoms with Crippen LogP contribution in [0.2, 0.25) is 10.0 Å². The molecule has 2 atom stereocenters. The van der Waals surface area contributed by atoms with Crippen LogP contribution in [0.25, 0.3) is 0 Å². The van der Waals surface area contributed by atoms with Crippen molar-refractivity contribution >= 4 is 40.9 Å². The highest BCUT2D eigenvalue weighted by Crippen LogP contribution is 2.34. The van der Waals surface area contributed by atoms with Gasteiger partial charge in [0.25, 0.3) is 5.91 Å². The Morgan fingerprint density at radius 3 is 2.17 bits per heavy atom. The summed E-state index contributed by atoms with van der Waals surface area (Å²) in [7, 11) is 1.83. The lowest BCUT2D eigenvalue weighted by Gasteiger charge is -2.44. The van der Waals surface area contributed by atoms with Gasteiger partial charge in [-0.2, -0.15) is 0 Å². The Morgan fingerprint density at radius 1 is 0.917 bits per heavy atom. The van der Waals surface area contributed by atoms with Gasteiger partial charge in [0.05, 0.1) is 0 Å². The molecule has 2 saturated heterocycles. The molecule has 4 rings (SSSR count). The van der Waals surface area contributed by atoms with Crippen molar-refractivity contribution in [1.82, 2.24) is 14.7 Å². The number of benzene rings is 2. The second-order valence-corrected chi connectivity index (χ2v) is 10.8. The SMILES string of the molecule is CC(=O)N1CCC(C(=O)N2CC[C@@H](N(C)C(=O)c3ccc(Cl)cc3)[C@H](c3ccc(C)c(Cl)c3)C2)CC1. The van der Waals surface area contributed by atoms with Crippen LogP contribution in [0.3, 0.4) is 0 Å². The summed E-state index contributed by atoms with van der Waals surface area (Å²) in [5.74, 6) is -0.0126. The van der Waals surface area contributed by atoms with E-state index in [2.05, 4.69) is 6.07 Å². The lowest BCUT2D eigenvalue weighted by molar-refractivity contribution is -0.141. The number of likely N-dealkylation sites (N-methyl/N-ethyl adjacent to an activating group) is 1. The summed E-state index contributed by atoms with van der Waals surface area (Å²) in [5, 5.41) is 1.26. The zero-order chi connectivity index (χ0) is 26.0. The van der Waals surface area contributed by atoms with E-state index in [0.29, 0.717) is 61.1 Å². The summed E-state index contributed by atoms with van der Waals surface area (Å²) >= 11 is 12.5. The van der Waals surface area contributed by atoms with Crippen molar-refractivity contribution in [3.8, 4) is 0 Å². The van der Waals surface area contributed by atoms with E-state index in [-0.39, 0.29) is 35.6 Å². The van der Waals surface area contributed by atoms with Crippen LogP contribution in [0.4, 0.5) is 0 Å². The van der Waals surface area contributed by atoms with Crippen LogP contribution in [0.5, 0.6) is 0 Å². The molecule has 0 N–H and O–H groups in total. The molecule has 2 aromatic rings. The van der Waals surface area contributed by atoms with Gasteiger partial charge in [0, 0.05) is 73.6 Å². The minimum atomic E-state index is -0.0874. The number of halogens is 2. The smallest absolute Gasteiger partial charge is 0.253 e. The largest absolute Gasteiger partial charge is 0.343 e. The standard InChI is InChI=1S/C28H33Cl2N3O3/c1-18-4-5-22(16-25(18)30)24-17-33(28(36)21-10-13-32(14-11-21)19(2)34)15-12-26(24)31(3)27(35)20-6-8-23(29)9-7-20/h4-9,16,21,24,26H,10-15,17H2,1-3H3/t24-,26+/m0/s1. The molecule has 192 valence electrons. The topological polar surface area (TPSA) is 60.9 Å². The van der Waals surface area contributed by atoms with E-state index >= 15 is 0 Å². The number of hydrogen-bond donors (Lipinski definition) is 0. The zero-order valence-corrected chi connectivity index (χ0v) is 22.6. The van der Waals surface area contributed by atoms with Gasteiger partial charge in [0.15, 0.2) is 0 Å². The molecule has 6 nitrogen and oxygen atoms in total. The van der Waals surface area contributed by atoms with Gasteiger partial charge in [-0.3, -0.25) is 14.4 Å². The molecule has 8 heteroatoms. The van der Waals surface area contributed by atoms with Crippen LogP contribution >= 0.6 is 23.2 Å². The van der Waals surface area contributed by atoms with E-state index < -0.39 is 0 Å². The van der Waals surface area contributed by atoms with Crippen LogP contribution in [0, 0.1) is 12.8 Å². The summed E-state index contributed by atoms with van der Waals surface area (Å²) < 4.78 is 0. The Bertz CT molecular complexity index is 1130. The lowest BCUT2D eigenvalue weighted by atomic mass is 9.83.